The van der Waals surface area contributed by atoms with Crippen molar-refractivity contribution in [2.75, 3.05) is 13.7 Å². The quantitative estimate of drug-likeness (QED) is 0.338. The molecule has 4 rings (SSSR count). The van der Waals surface area contributed by atoms with Gasteiger partial charge in [0.25, 0.3) is 11.7 Å². The zero-order valence-corrected chi connectivity index (χ0v) is 19.1. The number of ketones is 1. The Morgan fingerprint density at radius 1 is 1.15 bits per heavy atom. The number of nitrogens with zero attached hydrogens (tertiary/aromatic N) is 5. The Morgan fingerprint density at radius 2 is 1.88 bits per heavy atom. The molecule has 1 N–H and O–H groups in total. The molecule has 1 fully saturated rings. The van der Waals surface area contributed by atoms with Crippen molar-refractivity contribution in [1.29, 1.82) is 0 Å². The zero-order valence-electron chi connectivity index (χ0n) is 19.1. The fourth-order valence-corrected chi connectivity index (χ4v) is 4.34. The van der Waals surface area contributed by atoms with Gasteiger partial charge >= 0.3 is 0 Å². The predicted octanol–water partition coefficient (Wildman–Crippen LogP) is 2.75. The molecule has 1 amide bonds. The topological polar surface area (TPSA) is 102 Å². The zero-order chi connectivity index (χ0) is 23.7. The Hall–Kier alpha value is -3.88. The number of amides is 1. The molecule has 9 heteroatoms. The second-order valence-corrected chi connectivity index (χ2v) is 8.09. The molecule has 1 unspecified atom stereocenters. The fraction of sp³-hybridized carbons (Fsp3) is 0.333. The Morgan fingerprint density at radius 3 is 2.45 bits per heavy atom. The molecule has 3 aromatic rings. The molecule has 9 nitrogen and oxygen atoms in total. The highest BCUT2D eigenvalue weighted by molar-refractivity contribution is 6.46. The molecular formula is C24H27N5O4. The van der Waals surface area contributed by atoms with E-state index in [4.69, 9.17) is 4.74 Å². The normalized spacial score (nSPS) is 17.7. The third kappa shape index (κ3) is 4.02. The third-order valence-electron chi connectivity index (χ3n) is 6.09. The maximum absolute atomic E-state index is 13.2. The molecule has 0 spiro atoms. The number of Topliss-reactive ketones (excluding diaryl/α,β-unsaturated/α-hetero) is 1. The van der Waals surface area contributed by atoms with E-state index in [1.54, 1.807) is 50.4 Å². The van der Waals surface area contributed by atoms with E-state index in [1.807, 2.05) is 29.8 Å². The van der Waals surface area contributed by atoms with Crippen molar-refractivity contribution in [3.8, 4) is 5.75 Å². The molecule has 33 heavy (non-hydrogen) atoms. The summed E-state index contributed by atoms with van der Waals surface area (Å²) in [7, 11) is 3.35. The van der Waals surface area contributed by atoms with Gasteiger partial charge in [0.05, 0.1) is 36.3 Å². The number of methoxy groups -OCH3 is 1. The van der Waals surface area contributed by atoms with Gasteiger partial charge in [-0.05, 0) is 38.0 Å². The number of carbonyl (C=O) groups excluding carboxylic acids is 2. The molecule has 172 valence electrons. The smallest absolute Gasteiger partial charge is 0.295 e. The molecule has 1 aromatic carbocycles. The Labute approximate surface area is 191 Å². The number of ether oxygens (including phenoxy) is 1. The second kappa shape index (κ2) is 8.93. The van der Waals surface area contributed by atoms with Gasteiger partial charge in [0.15, 0.2) is 0 Å². The van der Waals surface area contributed by atoms with E-state index in [9.17, 15) is 14.7 Å². The van der Waals surface area contributed by atoms with Gasteiger partial charge in [-0.2, -0.15) is 5.10 Å². The molecule has 1 atom stereocenters. The van der Waals surface area contributed by atoms with Crippen molar-refractivity contribution < 1.29 is 19.4 Å². The number of carbonyl (C=O) groups is 2. The molecule has 0 saturated carbocycles. The van der Waals surface area contributed by atoms with Crippen molar-refractivity contribution in [1.82, 2.24) is 24.2 Å². The fourth-order valence-electron chi connectivity index (χ4n) is 4.34. The largest absolute Gasteiger partial charge is 0.507 e. The first-order valence-corrected chi connectivity index (χ1v) is 10.7. The summed E-state index contributed by atoms with van der Waals surface area (Å²) in [5.74, 6) is -0.857. The van der Waals surface area contributed by atoms with Crippen molar-refractivity contribution >= 4 is 17.4 Å². The first-order valence-electron chi connectivity index (χ1n) is 10.7. The number of imidazole rings is 1. The molecule has 0 bridgehead atoms. The van der Waals surface area contributed by atoms with Crippen LogP contribution in [0.5, 0.6) is 5.75 Å². The van der Waals surface area contributed by atoms with Gasteiger partial charge in [-0.25, -0.2) is 4.98 Å². The highest BCUT2D eigenvalue weighted by Gasteiger charge is 2.46. The lowest BCUT2D eigenvalue weighted by atomic mass is 9.94. The number of aliphatic hydroxyl groups excluding tert-OH is 1. The standard InChI is InChI=1S/C24H27N5O4/c1-15-19(16(2)27(3)26-15)22(30)20-21(17-6-8-18(33-4)9-7-17)29(24(32)23(20)31)12-5-11-28-13-10-25-14-28/h6-10,13-14,21,30H,5,11-12H2,1-4H3/b22-20+. The average molecular weight is 450 g/mol. The van der Waals surface area contributed by atoms with E-state index >= 15 is 0 Å². The van der Waals surface area contributed by atoms with Gasteiger partial charge < -0.3 is 19.3 Å². The highest BCUT2D eigenvalue weighted by Crippen LogP contribution is 2.40. The van der Waals surface area contributed by atoms with E-state index in [1.165, 1.54) is 4.90 Å². The van der Waals surface area contributed by atoms with Crippen LogP contribution in [0.2, 0.25) is 0 Å². The minimum atomic E-state index is -0.710. The van der Waals surface area contributed by atoms with Crippen LogP contribution in [0.1, 0.15) is 35.0 Å². The van der Waals surface area contributed by atoms with Crippen LogP contribution in [-0.4, -0.2) is 54.7 Å². The maximum Gasteiger partial charge on any atom is 0.295 e. The summed E-state index contributed by atoms with van der Waals surface area (Å²) in [6.07, 6.45) is 5.88. The lowest BCUT2D eigenvalue weighted by molar-refractivity contribution is -0.139. The maximum atomic E-state index is 13.2. The summed E-state index contributed by atoms with van der Waals surface area (Å²) in [6.45, 7) is 4.59. The van der Waals surface area contributed by atoms with Crippen molar-refractivity contribution in [3.05, 3.63) is 71.1 Å². The van der Waals surface area contributed by atoms with Crippen molar-refractivity contribution in [2.24, 2.45) is 7.05 Å². The number of aliphatic hydroxyl groups is 1. The van der Waals surface area contributed by atoms with Crippen LogP contribution >= 0.6 is 0 Å². The summed E-state index contributed by atoms with van der Waals surface area (Å²) < 4.78 is 8.82. The summed E-state index contributed by atoms with van der Waals surface area (Å²) in [5.41, 5.74) is 2.58. The second-order valence-electron chi connectivity index (χ2n) is 8.09. The van der Waals surface area contributed by atoms with Crippen LogP contribution in [0.15, 0.2) is 48.6 Å². The van der Waals surface area contributed by atoms with Crippen LogP contribution in [0.25, 0.3) is 5.76 Å². The van der Waals surface area contributed by atoms with Crippen LogP contribution in [0.4, 0.5) is 0 Å². The van der Waals surface area contributed by atoms with Gasteiger partial charge in [-0.3, -0.25) is 14.3 Å². The Kier molecular flexibility index (Phi) is 6.04. The highest BCUT2D eigenvalue weighted by atomic mass is 16.5. The van der Waals surface area contributed by atoms with Crippen molar-refractivity contribution in [2.45, 2.75) is 32.9 Å². The van der Waals surface area contributed by atoms with Crippen LogP contribution in [0.3, 0.4) is 0 Å². The van der Waals surface area contributed by atoms with E-state index in [0.717, 1.165) is 5.56 Å². The predicted molar refractivity (Wildman–Crippen MR) is 122 cm³/mol. The van der Waals surface area contributed by atoms with Gasteiger partial charge in [-0.1, -0.05) is 12.1 Å². The number of hydrogen-bond donors (Lipinski definition) is 1. The molecule has 1 aliphatic heterocycles. The third-order valence-corrected chi connectivity index (χ3v) is 6.09. The number of likely N-dealkylation sites (tertiary alicyclic amines) is 1. The molecule has 3 heterocycles. The van der Waals surface area contributed by atoms with E-state index in [2.05, 4.69) is 10.1 Å². The van der Waals surface area contributed by atoms with E-state index in [-0.39, 0.29) is 11.3 Å². The lowest BCUT2D eigenvalue weighted by Gasteiger charge is -2.25. The van der Waals surface area contributed by atoms with Crippen LogP contribution in [0, 0.1) is 13.8 Å². The van der Waals surface area contributed by atoms with Gasteiger partial charge in [0.2, 0.25) is 0 Å². The molecule has 0 aliphatic carbocycles. The summed E-state index contributed by atoms with van der Waals surface area (Å²) in [6, 6.07) is 6.48. The molecule has 2 aromatic heterocycles. The number of hydrogen-bond acceptors (Lipinski definition) is 6. The lowest BCUT2D eigenvalue weighted by Crippen LogP contribution is -2.31. The Balaban J connectivity index is 1.77. The van der Waals surface area contributed by atoms with Gasteiger partial charge in [-0.15, -0.1) is 0 Å². The first kappa shape index (κ1) is 22.3. The van der Waals surface area contributed by atoms with Crippen LogP contribution in [-0.2, 0) is 23.2 Å². The number of aromatic nitrogens is 4. The Bertz CT molecular complexity index is 1210. The van der Waals surface area contributed by atoms with Gasteiger partial charge in [0.1, 0.15) is 11.5 Å². The first-order chi connectivity index (χ1) is 15.8. The monoisotopic (exact) mass is 449 g/mol. The summed E-state index contributed by atoms with van der Waals surface area (Å²) in [4.78, 5) is 31.8. The summed E-state index contributed by atoms with van der Waals surface area (Å²) >= 11 is 0. The minimum absolute atomic E-state index is 0.0759. The number of aryl methyl sites for hydroxylation is 3. The molecule has 1 saturated heterocycles. The van der Waals surface area contributed by atoms with E-state index < -0.39 is 17.7 Å². The van der Waals surface area contributed by atoms with E-state index in [0.29, 0.717) is 42.2 Å². The van der Waals surface area contributed by atoms with Gasteiger partial charge in [0, 0.05) is 38.2 Å². The molecule has 1 aliphatic rings. The minimum Gasteiger partial charge on any atom is -0.507 e. The van der Waals surface area contributed by atoms with Crippen molar-refractivity contribution in [3.63, 3.8) is 0 Å². The van der Waals surface area contributed by atoms with Crippen LogP contribution < -0.4 is 4.74 Å². The number of benzene rings is 1. The SMILES string of the molecule is COc1ccc(C2/C(=C(\O)c3c(C)nn(C)c3C)C(=O)C(=O)N2CCCn2ccnc2)cc1. The average Bonchev–Trinajstić information content (AvgIpc) is 3.47. The summed E-state index contributed by atoms with van der Waals surface area (Å²) in [5, 5.41) is 15.7. The number of rotatable bonds is 7. The molecule has 0 radical (unpaired) electrons. The molecular weight excluding hydrogens is 422 g/mol.